The quantitative estimate of drug-likeness (QED) is 0.328. The van der Waals surface area contributed by atoms with Crippen molar-refractivity contribution in [3.05, 3.63) is 40.9 Å². The number of rotatable bonds is 4. The predicted molar refractivity (Wildman–Crippen MR) is 118 cm³/mol. The predicted octanol–water partition coefficient (Wildman–Crippen LogP) is 3.40. The molecule has 0 bridgehead atoms. The minimum atomic E-state index is -0.229. The molecule has 5 rings (SSSR count). The van der Waals surface area contributed by atoms with Crippen molar-refractivity contribution in [3.63, 3.8) is 0 Å². The van der Waals surface area contributed by atoms with E-state index in [4.69, 9.17) is 4.74 Å². The zero-order chi connectivity index (χ0) is 20.7. The molecule has 10 heteroatoms. The first-order valence-electron chi connectivity index (χ1n) is 9.25. The van der Waals surface area contributed by atoms with Crippen molar-refractivity contribution in [1.29, 1.82) is 0 Å². The lowest BCUT2D eigenvalue weighted by molar-refractivity contribution is 0.0962. The maximum Gasteiger partial charge on any atom is 0.263 e. The zero-order valence-corrected chi connectivity index (χ0v) is 17.6. The molecule has 4 aromatic rings. The van der Waals surface area contributed by atoms with Gasteiger partial charge in [-0.25, -0.2) is 9.97 Å². The van der Waals surface area contributed by atoms with E-state index in [0.29, 0.717) is 34.6 Å². The molecule has 0 unspecified atom stereocenters. The number of hydrogen-bond acceptors (Lipinski definition) is 9. The topological polar surface area (TPSA) is 109 Å². The van der Waals surface area contributed by atoms with Crippen LogP contribution in [-0.2, 0) is 6.61 Å². The maximum absolute atomic E-state index is 12.4. The second-order valence-corrected chi connectivity index (χ2v) is 8.42. The number of carbonyl (C=O) groups is 1. The van der Waals surface area contributed by atoms with Crippen LogP contribution in [0.25, 0.3) is 21.0 Å². The number of anilines is 1. The first-order valence-corrected chi connectivity index (χ1v) is 11.3. The molecule has 1 amide bonds. The highest BCUT2D eigenvalue weighted by molar-refractivity contribution is 7.98. The summed E-state index contributed by atoms with van der Waals surface area (Å²) in [6.45, 7) is 1.03. The summed E-state index contributed by atoms with van der Waals surface area (Å²) in [6.07, 6.45) is 3.42. The van der Waals surface area contributed by atoms with E-state index in [1.54, 1.807) is 12.3 Å². The molecule has 1 aromatic carbocycles. The van der Waals surface area contributed by atoms with Gasteiger partial charge in [-0.3, -0.25) is 4.79 Å². The summed E-state index contributed by atoms with van der Waals surface area (Å²) in [6, 6.07) is 7.59. The molecule has 3 aromatic heterocycles. The molecule has 1 aliphatic rings. The number of benzene rings is 1. The summed E-state index contributed by atoms with van der Waals surface area (Å²) in [7, 11) is 0. The van der Waals surface area contributed by atoms with E-state index in [2.05, 4.69) is 25.6 Å². The molecule has 0 saturated heterocycles. The van der Waals surface area contributed by atoms with E-state index in [1.165, 1.54) is 23.1 Å². The van der Waals surface area contributed by atoms with Crippen LogP contribution in [0.4, 0.5) is 5.69 Å². The molecular weight excluding hydrogens is 422 g/mol. The van der Waals surface area contributed by atoms with E-state index in [9.17, 15) is 9.90 Å². The third-order valence-corrected chi connectivity index (χ3v) is 6.49. The number of thioether (sulfide) groups is 1. The van der Waals surface area contributed by atoms with Gasteiger partial charge in [0.25, 0.3) is 5.91 Å². The van der Waals surface area contributed by atoms with Crippen LogP contribution in [-0.4, -0.2) is 45.3 Å². The number of aliphatic hydroxyl groups excluding tert-OH is 1. The molecule has 0 atom stereocenters. The number of aromatic nitrogens is 3. The lowest BCUT2D eigenvalue weighted by Gasteiger charge is -2.10. The molecule has 3 N–H and O–H groups in total. The molecule has 30 heavy (non-hydrogen) atoms. The monoisotopic (exact) mass is 439 g/mol. The number of amides is 1. The van der Waals surface area contributed by atoms with Gasteiger partial charge < -0.3 is 20.5 Å². The standard InChI is InChI=1S/C20H17N5O3S2/c1-29-20-23-8-10(9-26)19(25-20)28-14-5-2-11-12(24-14)3-4-13-15(11)16-17(30-13)18(27)22-7-6-21-16/h2-5,8,21,26H,6-7,9H2,1H3,(H,22,27). The van der Waals surface area contributed by atoms with Crippen molar-refractivity contribution in [2.45, 2.75) is 11.8 Å². The van der Waals surface area contributed by atoms with Crippen LogP contribution >= 0.6 is 23.1 Å². The van der Waals surface area contributed by atoms with Gasteiger partial charge in [0.05, 0.1) is 23.4 Å². The van der Waals surface area contributed by atoms with E-state index in [0.717, 1.165) is 26.7 Å². The van der Waals surface area contributed by atoms with Crippen molar-refractivity contribution in [3.8, 4) is 11.8 Å². The SMILES string of the molecule is CSc1ncc(CO)c(Oc2ccc3c(ccc4sc5c(c43)NCCNC5=O)n2)n1. The van der Waals surface area contributed by atoms with E-state index < -0.39 is 0 Å². The molecule has 0 radical (unpaired) electrons. The number of nitrogens with one attached hydrogen (secondary N) is 2. The van der Waals surface area contributed by atoms with Gasteiger partial charge in [0.2, 0.25) is 11.8 Å². The van der Waals surface area contributed by atoms with Gasteiger partial charge in [0, 0.05) is 40.8 Å². The van der Waals surface area contributed by atoms with Crippen LogP contribution < -0.4 is 15.4 Å². The smallest absolute Gasteiger partial charge is 0.263 e. The first-order chi connectivity index (χ1) is 14.7. The van der Waals surface area contributed by atoms with Crippen LogP contribution in [0.15, 0.2) is 35.6 Å². The third-order valence-electron chi connectivity index (χ3n) is 4.77. The Hall–Kier alpha value is -2.95. The van der Waals surface area contributed by atoms with Crippen LogP contribution in [0, 0.1) is 0 Å². The molecule has 0 fully saturated rings. The molecule has 0 saturated carbocycles. The number of aliphatic hydroxyl groups is 1. The highest BCUT2D eigenvalue weighted by Gasteiger charge is 2.22. The van der Waals surface area contributed by atoms with E-state index in [1.807, 2.05) is 24.5 Å². The Bertz CT molecular complexity index is 1290. The molecule has 152 valence electrons. The fraction of sp³-hybridized carbons (Fsp3) is 0.200. The van der Waals surface area contributed by atoms with Crippen LogP contribution in [0.5, 0.6) is 11.8 Å². The van der Waals surface area contributed by atoms with Crippen molar-refractivity contribution >= 4 is 55.7 Å². The van der Waals surface area contributed by atoms with Crippen LogP contribution in [0.1, 0.15) is 15.2 Å². The summed E-state index contributed by atoms with van der Waals surface area (Å²) >= 11 is 2.86. The summed E-state index contributed by atoms with van der Waals surface area (Å²) in [5.41, 5.74) is 2.09. The fourth-order valence-corrected chi connectivity index (χ4v) is 4.83. The second kappa shape index (κ2) is 7.71. The Morgan fingerprint density at radius 2 is 2.07 bits per heavy atom. The average Bonchev–Trinajstić information content (AvgIpc) is 3.06. The second-order valence-electron chi connectivity index (χ2n) is 6.59. The summed E-state index contributed by atoms with van der Waals surface area (Å²) in [5.74, 6) is 0.601. The summed E-state index contributed by atoms with van der Waals surface area (Å²) in [4.78, 5) is 26.2. The molecule has 0 spiro atoms. The van der Waals surface area contributed by atoms with Crippen molar-refractivity contribution in [2.75, 3.05) is 24.7 Å². The Morgan fingerprint density at radius 3 is 2.90 bits per heavy atom. The van der Waals surface area contributed by atoms with Gasteiger partial charge in [0.15, 0.2) is 5.16 Å². The van der Waals surface area contributed by atoms with Crippen LogP contribution in [0.3, 0.4) is 0 Å². The number of carbonyl (C=O) groups excluding carboxylic acids is 1. The zero-order valence-electron chi connectivity index (χ0n) is 15.9. The Balaban J connectivity index is 1.60. The Kier molecular flexibility index (Phi) is 4.89. The summed E-state index contributed by atoms with van der Waals surface area (Å²) < 4.78 is 6.91. The number of hydrogen-bond donors (Lipinski definition) is 3. The Morgan fingerprint density at radius 1 is 1.20 bits per heavy atom. The highest BCUT2D eigenvalue weighted by Crippen LogP contribution is 2.41. The van der Waals surface area contributed by atoms with Gasteiger partial charge >= 0.3 is 0 Å². The number of fused-ring (bicyclic) bond motifs is 5. The van der Waals surface area contributed by atoms with Crippen molar-refractivity contribution < 1.29 is 14.6 Å². The van der Waals surface area contributed by atoms with Gasteiger partial charge in [-0.15, -0.1) is 11.3 Å². The van der Waals surface area contributed by atoms with Gasteiger partial charge in [0.1, 0.15) is 4.88 Å². The Labute approximate surface area is 179 Å². The number of pyridine rings is 1. The average molecular weight is 440 g/mol. The van der Waals surface area contributed by atoms with E-state index >= 15 is 0 Å². The normalized spacial score (nSPS) is 13.6. The van der Waals surface area contributed by atoms with Crippen LogP contribution in [0.2, 0.25) is 0 Å². The highest BCUT2D eigenvalue weighted by atomic mass is 32.2. The van der Waals surface area contributed by atoms with Gasteiger partial charge in [-0.05, 0) is 24.5 Å². The number of ether oxygens (including phenoxy) is 1. The third kappa shape index (κ3) is 3.22. The lowest BCUT2D eigenvalue weighted by Crippen LogP contribution is -2.24. The molecular formula is C20H17N5O3S2. The lowest BCUT2D eigenvalue weighted by atomic mass is 10.1. The molecule has 4 heterocycles. The number of nitrogens with zero attached hydrogens (tertiary/aromatic N) is 3. The van der Waals surface area contributed by atoms with E-state index in [-0.39, 0.29) is 18.4 Å². The number of thiophene rings is 1. The maximum atomic E-state index is 12.4. The molecule has 0 aliphatic carbocycles. The summed E-state index contributed by atoms with van der Waals surface area (Å²) in [5, 5.41) is 18.3. The minimum absolute atomic E-state index is 0.0536. The van der Waals surface area contributed by atoms with Gasteiger partial charge in [-0.1, -0.05) is 11.8 Å². The van der Waals surface area contributed by atoms with Crippen molar-refractivity contribution in [1.82, 2.24) is 20.3 Å². The first kappa shape index (κ1) is 19.0. The molecule has 8 nitrogen and oxygen atoms in total. The molecule has 1 aliphatic heterocycles. The fourth-order valence-electron chi connectivity index (χ4n) is 3.38. The van der Waals surface area contributed by atoms with Gasteiger partial charge in [-0.2, -0.15) is 4.98 Å². The minimum Gasteiger partial charge on any atom is -0.420 e. The van der Waals surface area contributed by atoms with Crippen molar-refractivity contribution in [2.24, 2.45) is 0 Å². The largest absolute Gasteiger partial charge is 0.420 e.